The van der Waals surface area contributed by atoms with Crippen LogP contribution in [0, 0.1) is 0 Å². The molecule has 1 amide bonds. The number of para-hydroxylation sites is 1. The molecule has 2 aromatic heterocycles. The molecule has 0 spiro atoms. The molecule has 168 valence electrons. The number of carbonyl (C=O) groups is 2. The first-order chi connectivity index (χ1) is 16.0. The van der Waals surface area contributed by atoms with E-state index in [4.69, 9.17) is 14.2 Å². The summed E-state index contributed by atoms with van der Waals surface area (Å²) in [6.45, 7) is -0.523. The molecule has 10 heteroatoms. The number of thiazole rings is 1. The summed E-state index contributed by atoms with van der Waals surface area (Å²) >= 11 is 1.23. The van der Waals surface area contributed by atoms with Crippen LogP contribution >= 0.6 is 11.3 Å². The maximum Gasteiger partial charge on any atom is 0.339 e. The summed E-state index contributed by atoms with van der Waals surface area (Å²) in [5.74, 6) is -0.156. The van der Waals surface area contributed by atoms with Gasteiger partial charge in [0.2, 0.25) is 5.56 Å². The first-order valence-electron chi connectivity index (χ1n) is 9.75. The van der Waals surface area contributed by atoms with Crippen molar-refractivity contribution in [2.45, 2.75) is 0 Å². The maximum absolute atomic E-state index is 12.5. The number of pyridine rings is 1. The molecular formula is C23H19N3O6S. The van der Waals surface area contributed by atoms with Gasteiger partial charge in [0.25, 0.3) is 5.91 Å². The highest BCUT2D eigenvalue weighted by Gasteiger charge is 2.16. The average molecular weight is 465 g/mol. The van der Waals surface area contributed by atoms with E-state index < -0.39 is 24.0 Å². The second-order valence-corrected chi connectivity index (χ2v) is 7.68. The first-order valence-corrected chi connectivity index (χ1v) is 10.6. The largest absolute Gasteiger partial charge is 0.493 e. The minimum Gasteiger partial charge on any atom is -0.493 e. The Hall–Kier alpha value is -4.18. The summed E-state index contributed by atoms with van der Waals surface area (Å²) in [7, 11) is 3.10. The maximum atomic E-state index is 12.5. The monoisotopic (exact) mass is 465 g/mol. The molecule has 0 aliphatic carbocycles. The van der Waals surface area contributed by atoms with E-state index in [0.29, 0.717) is 33.2 Å². The predicted octanol–water partition coefficient (Wildman–Crippen LogP) is 3.46. The van der Waals surface area contributed by atoms with E-state index in [1.54, 1.807) is 56.0 Å². The van der Waals surface area contributed by atoms with E-state index in [-0.39, 0.29) is 5.56 Å². The van der Waals surface area contributed by atoms with Gasteiger partial charge in [0.1, 0.15) is 0 Å². The number of benzene rings is 2. The zero-order chi connectivity index (χ0) is 23.4. The van der Waals surface area contributed by atoms with Gasteiger partial charge in [-0.3, -0.25) is 14.9 Å². The summed E-state index contributed by atoms with van der Waals surface area (Å²) in [6.07, 6.45) is 0. The number of anilines is 1. The van der Waals surface area contributed by atoms with E-state index in [2.05, 4.69) is 15.3 Å². The Morgan fingerprint density at radius 2 is 1.85 bits per heavy atom. The van der Waals surface area contributed by atoms with Crippen LogP contribution in [0.5, 0.6) is 11.5 Å². The Bertz CT molecular complexity index is 1390. The summed E-state index contributed by atoms with van der Waals surface area (Å²) < 4.78 is 15.7. The zero-order valence-corrected chi connectivity index (χ0v) is 18.5. The van der Waals surface area contributed by atoms with Gasteiger partial charge in [-0.05, 0) is 24.3 Å². The smallest absolute Gasteiger partial charge is 0.339 e. The molecule has 0 unspecified atom stereocenters. The lowest BCUT2D eigenvalue weighted by Gasteiger charge is -2.08. The van der Waals surface area contributed by atoms with Gasteiger partial charge in [-0.2, -0.15) is 0 Å². The number of esters is 1. The molecule has 0 aliphatic heterocycles. The third kappa shape index (κ3) is 4.85. The molecule has 0 atom stereocenters. The van der Waals surface area contributed by atoms with Crippen molar-refractivity contribution in [2.24, 2.45) is 0 Å². The second kappa shape index (κ2) is 9.53. The van der Waals surface area contributed by atoms with Gasteiger partial charge >= 0.3 is 5.97 Å². The molecule has 33 heavy (non-hydrogen) atoms. The van der Waals surface area contributed by atoms with Crippen molar-refractivity contribution in [3.63, 3.8) is 0 Å². The van der Waals surface area contributed by atoms with E-state index >= 15 is 0 Å². The number of ether oxygens (including phenoxy) is 3. The molecule has 4 aromatic rings. The van der Waals surface area contributed by atoms with Crippen LogP contribution in [-0.2, 0) is 9.53 Å². The SMILES string of the molecule is COc1ccc(-c2csc(NC(=O)COC(=O)c3cc(=O)[nH]c4ccccc34)n2)cc1OC. The van der Waals surface area contributed by atoms with Crippen LogP contribution in [0.3, 0.4) is 0 Å². The second-order valence-electron chi connectivity index (χ2n) is 6.82. The molecule has 0 radical (unpaired) electrons. The molecule has 4 rings (SSSR count). The van der Waals surface area contributed by atoms with Gasteiger partial charge in [0.15, 0.2) is 23.2 Å². The fraction of sp³-hybridized carbons (Fsp3) is 0.130. The molecule has 2 aromatic carbocycles. The van der Waals surface area contributed by atoms with E-state index in [1.165, 1.54) is 11.3 Å². The highest BCUT2D eigenvalue weighted by molar-refractivity contribution is 7.14. The van der Waals surface area contributed by atoms with Crippen LogP contribution in [-0.4, -0.2) is 42.7 Å². The Labute approximate surface area is 192 Å². The molecule has 9 nitrogen and oxygen atoms in total. The number of hydrogen-bond donors (Lipinski definition) is 2. The van der Waals surface area contributed by atoms with Crippen molar-refractivity contribution in [1.82, 2.24) is 9.97 Å². The normalized spacial score (nSPS) is 10.6. The van der Waals surface area contributed by atoms with Crippen LogP contribution < -0.4 is 20.3 Å². The number of rotatable bonds is 7. The number of fused-ring (bicyclic) bond motifs is 1. The lowest BCUT2D eigenvalue weighted by atomic mass is 10.1. The number of aromatic nitrogens is 2. The number of amides is 1. The molecule has 0 fully saturated rings. The quantitative estimate of drug-likeness (QED) is 0.401. The molecule has 2 N–H and O–H groups in total. The van der Waals surface area contributed by atoms with Gasteiger partial charge in [0, 0.05) is 27.9 Å². The molecule has 0 saturated carbocycles. The Balaban J connectivity index is 1.41. The first kappa shape index (κ1) is 22.0. The number of methoxy groups -OCH3 is 2. The van der Waals surface area contributed by atoms with E-state index in [1.807, 2.05) is 6.07 Å². The van der Waals surface area contributed by atoms with Crippen molar-refractivity contribution in [3.05, 3.63) is 69.8 Å². The summed E-state index contributed by atoms with van der Waals surface area (Å²) in [5.41, 5.74) is 1.59. The van der Waals surface area contributed by atoms with Gasteiger partial charge in [-0.25, -0.2) is 9.78 Å². The standard InChI is InChI=1S/C23H19N3O6S/c1-30-18-8-7-13(9-19(18)31-2)17-12-33-23(25-17)26-21(28)11-32-22(29)15-10-20(27)24-16-6-4-3-5-14(15)16/h3-10,12H,11H2,1-2H3,(H,24,27)(H,25,26,28). The summed E-state index contributed by atoms with van der Waals surface area (Å²) in [5, 5.41) is 5.27. The van der Waals surface area contributed by atoms with Gasteiger partial charge in [-0.15, -0.1) is 11.3 Å². The number of hydrogen-bond acceptors (Lipinski definition) is 8. The van der Waals surface area contributed by atoms with E-state index in [0.717, 1.165) is 11.6 Å². The van der Waals surface area contributed by atoms with Crippen molar-refractivity contribution < 1.29 is 23.8 Å². The number of nitrogens with zero attached hydrogens (tertiary/aromatic N) is 1. The fourth-order valence-corrected chi connectivity index (χ4v) is 3.93. The Morgan fingerprint density at radius 1 is 1.06 bits per heavy atom. The topological polar surface area (TPSA) is 120 Å². The van der Waals surface area contributed by atoms with Gasteiger partial charge < -0.3 is 19.2 Å². The summed E-state index contributed by atoms with van der Waals surface area (Å²) in [4.78, 5) is 43.6. The average Bonchev–Trinajstić information content (AvgIpc) is 3.29. The van der Waals surface area contributed by atoms with E-state index in [9.17, 15) is 14.4 Å². The van der Waals surface area contributed by atoms with Gasteiger partial charge in [0.05, 0.1) is 25.5 Å². The number of nitrogens with one attached hydrogen (secondary N) is 2. The van der Waals surface area contributed by atoms with Crippen molar-refractivity contribution in [2.75, 3.05) is 26.1 Å². The molecular weight excluding hydrogens is 446 g/mol. The van der Waals surface area contributed by atoms with Gasteiger partial charge in [-0.1, -0.05) is 18.2 Å². The molecule has 0 bridgehead atoms. The van der Waals surface area contributed by atoms with Crippen molar-refractivity contribution >= 4 is 39.2 Å². The van der Waals surface area contributed by atoms with Crippen molar-refractivity contribution in [3.8, 4) is 22.8 Å². The lowest BCUT2D eigenvalue weighted by Crippen LogP contribution is -2.21. The molecule has 2 heterocycles. The zero-order valence-electron chi connectivity index (χ0n) is 17.7. The van der Waals surface area contributed by atoms with Crippen LogP contribution in [0.1, 0.15) is 10.4 Å². The number of carbonyl (C=O) groups excluding carboxylic acids is 2. The Kier molecular flexibility index (Phi) is 6.36. The lowest BCUT2D eigenvalue weighted by molar-refractivity contribution is -0.119. The van der Waals surface area contributed by atoms with Crippen LogP contribution in [0.2, 0.25) is 0 Å². The molecule has 0 saturated heterocycles. The third-order valence-electron chi connectivity index (χ3n) is 4.73. The van der Waals surface area contributed by atoms with Crippen LogP contribution in [0.15, 0.2) is 58.7 Å². The minimum absolute atomic E-state index is 0.0899. The Morgan fingerprint density at radius 3 is 2.64 bits per heavy atom. The predicted molar refractivity (Wildman–Crippen MR) is 124 cm³/mol. The number of aromatic amines is 1. The highest BCUT2D eigenvalue weighted by Crippen LogP contribution is 2.33. The fourth-order valence-electron chi connectivity index (χ4n) is 3.20. The molecule has 0 aliphatic rings. The van der Waals surface area contributed by atoms with Crippen LogP contribution in [0.4, 0.5) is 5.13 Å². The number of H-pyrrole nitrogens is 1. The van der Waals surface area contributed by atoms with Crippen molar-refractivity contribution in [1.29, 1.82) is 0 Å². The third-order valence-corrected chi connectivity index (χ3v) is 5.49. The van der Waals surface area contributed by atoms with Crippen LogP contribution in [0.25, 0.3) is 22.2 Å². The summed E-state index contributed by atoms with van der Waals surface area (Å²) in [6, 6.07) is 13.4. The minimum atomic E-state index is -0.766. The highest BCUT2D eigenvalue weighted by atomic mass is 32.1.